The van der Waals surface area contributed by atoms with Crippen LogP contribution < -0.4 is 34.7 Å². The molecule has 0 radical (unpaired) electrons. The zero-order valence-electron chi connectivity index (χ0n) is 21.6. The Hall–Kier alpha value is -2.00. The molecule has 1 aromatic carbocycles. The molecule has 4 rings (SSSR count). The summed E-state index contributed by atoms with van der Waals surface area (Å²) in [6.45, 7) is 6.32. The van der Waals surface area contributed by atoms with E-state index in [9.17, 15) is 19.1 Å². The molecular weight excluding hydrogens is 510 g/mol. The standard InChI is InChI=1S/C27H30ClFN2O5.Na/c1-27(2,3)14-20-13-22(30-35-20)25-24(15-4-5-15)26(36-31-25)17(7-9-23(33)34)11-19(32)10-16-6-8-18(28)12-21(16)29;/h6,8,12-13,15,17H,4-5,7,9-11,14H2,1-3H3,(H,33,34);/q;+1/p-1/t17-;/m0./s1. The van der Waals surface area contributed by atoms with Gasteiger partial charge >= 0.3 is 29.6 Å². The minimum Gasteiger partial charge on any atom is -0.550 e. The number of aromatic nitrogens is 2. The summed E-state index contributed by atoms with van der Waals surface area (Å²) < 4.78 is 25.5. The van der Waals surface area contributed by atoms with Crippen LogP contribution in [0.5, 0.6) is 0 Å². The van der Waals surface area contributed by atoms with Crippen molar-refractivity contribution >= 4 is 23.4 Å². The maximum Gasteiger partial charge on any atom is 1.00 e. The van der Waals surface area contributed by atoms with Gasteiger partial charge in [0.2, 0.25) is 0 Å². The molecular formula is C27H29ClFN2NaO5. The summed E-state index contributed by atoms with van der Waals surface area (Å²) in [7, 11) is 0. The molecule has 3 aromatic rings. The van der Waals surface area contributed by atoms with Crippen molar-refractivity contribution in [3.05, 3.63) is 57.8 Å². The van der Waals surface area contributed by atoms with Gasteiger partial charge < -0.3 is 18.9 Å². The number of halogens is 2. The first-order valence-corrected chi connectivity index (χ1v) is 12.5. The van der Waals surface area contributed by atoms with Crippen molar-refractivity contribution in [3.8, 4) is 11.4 Å². The Labute approximate surface area is 242 Å². The summed E-state index contributed by atoms with van der Waals surface area (Å²) in [5.74, 6) is -1.14. The quantitative estimate of drug-likeness (QED) is 0.345. The average Bonchev–Trinajstić information content (AvgIpc) is 3.35. The van der Waals surface area contributed by atoms with Crippen LogP contribution in [0, 0.1) is 11.2 Å². The van der Waals surface area contributed by atoms with Crippen molar-refractivity contribution in [2.45, 2.75) is 77.6 Å². The first-order valence-electron chi connectivity index (χ1n) is 12.1. The fourth-order valence-corrected chi connectivity index (χ4v) is 4.59. The molecule has 0 aliphatic heterocycles. The molecule has 0 saturated heterocycles. The maximum absolute atomic E-state index is 14.2. The number of Topliss-reactive ketones (excluding diaryl/α,β-unsaturated/α-hetero) is 1. The van der Waals surface area contributed by atoms with E-state index in [0.29, 0.717) is 23.6 Å². The summed E-state index contributed by atoms with van der Waals surface area (Å²) >= 11 is 5.81. The number of ketones is 1. The largest absolute Gasteiger partial charge is 1.00 e. The van der Waals surface area contributed by atoms with Gasteiger partial charge in [0.15, 0.2) is 0 Å². The molecule has 192 valence electrons. The number of carboxylic acid groups (broad SMARTS) is 1. The number of hydrogen-bond acceptors (Lipinski definition) is 7. The van der Waals surface area contributed by atoms with E-state index in [2.05, 4.69) is 31.1 Å². The Kier molecular flexibility index (Phi) is 9.78. The molecule has 1 saturated carbocycles. The van der Waals surface area contributed by atoms with Gasteiger partial charge in [-0.15, -0.1) is 0 Å². The molecule has 1 fully saturated rings. The molecule has 0 amide bonds. The molecule has 2 heterocycles. The fourth-order valence-electron chi connectivity index (χ4n) is 4.43. The van der Waals surface area contributed by atoms with Crippen LogP contribution in [0.3, 0.4) is 0 Å². The second kappa shape index (κ2) is 12.2. The van der Waals surface area contributed by atoms with Crippen molar-refractivity contribution in [2.75, 3.05) is 0 Å². The van der Waals surface area contributed by atoms with Gasteiger partial charge in [0, 0.05) is 47.8 Å². The Bertz CT molecular complexity index is 1260. The normalized spacial score (nSPS) is 14.3. The van der Waals surface area contributed by atoms with Crippen molar-refractivity contribution in [1.82, 2.24) is 10.3 Å². The van der Waals surface area contributed by atoms with Crippen LogP contribution in [0.2, 0.25) is 5.02 Å². The van der Waals surface area contributed by atoms with E-state index in [1.54, 1.807) is 0 Å². The van der Waals surface area contributed by atoms with Crippen LogP contribution in [-0.4, -0.2) is 22.1 Å². The summed E-state index contributed by atoms with van der Waals surface area (Å²) in [5.41, 5.74) is 2.22. The first kappa shape index (κ1) is 29.6. The SMILES string of the molecule is CC(C)(C)Cc1cc(-c2noc([C@@H](CCC(=O)[O-])CC(=O)Cc3ccc(Cl)cc3F)c2C2CC2)no1.[Na+]. The third-order valence-corrected chi connectivity index (χ3v) is 6.43. The second-order valence-electron chi connectivity index (χ2n) is 10.8. The number of rotatable bonds is 11. The maximum atomic E-state index is 14.2. The van der Waals surface area contributed by atoms with Crippen molar-refractivity contribution in [3.63, 3.8) is 0 Å². The van der Waals surface area contributed by atoms with E-state index in [-0.39, 0.29) is 82.9 Å². The molecule has 1 aliphatic rings. The molecule has 0 N–H and O–H groups in total. The molecule has 1 atom stereocenters. The number of carbonyl (C=O) groups excluding carboxylic acids is 2. The Morgan fingerprint density at radius 2 is 1.92 bits per heavy atom. The third-order valence-electron chi connectivity index (χ3n) is 6.19. The molecule has 0 spiro atoms. The van der Waals surface area contributed by atoms with Crippen molar-refractivity contribution < 1.29 is 57.7 Å². The zero-order chi connectivity index (χ0) is 26.0. The summed E-state index contributed by atoms with van der Waals surface area (Å²) in [4.78, 5) is 24.2. The smallest absolute Gasteiger partial charge is 0.550 e. The van der Waals surface area contributed by atoms with E-state index in [1.807, 2.05) is 6.07 Å². The third kappa shape index (κ3) is 7.99. The molecule has 1 aliphatic carbocycles. The van der Waals surface area contributed by atoms with Gasteiger partial charge in [-0.25, -0.2) is 4.39 Å². The van der Waals surface area contributed by atoms with E-state index in [0.717, 1.165) is 30.2 Å². The van der Waals surface area contributed by atoms with Crippen LogP contribution in [0.4, 0.5) is 4.39 Å². The van der Waals surface area contributed by atoms with Crippen LogP contribution in [0.1, 0.15) is 87.4 Å². The molecule has 37 heavy (non-hydrogen) atoms. The second-order valence-corrected chi connectivity index (χ2v) is 11.2. The summed E-state index contributed by atoms with van der Waals surface area (Å²) in [6.07, 6.45) is 2.32. The predicted molar refractivity (Wildman–Crippen MR) is 129 cm³/mol. The van der Waals surface area contributed by atoms with Gasteiger partial charge in [-0.05, 0) is 54.7 Å². The van der Waals surface area contributed by atoms with Crippen LogP contribution in [-0.2, 0) is 22.4 Å². The topological polar surface area (TPSA) is 109 Å². The molecule has 2 aromatic heterocycles. The molecule has 7 nitrogen and oxygen atoms in total. The molecule has 0 bridgehead atoms. The Morgan fingerprint density at radius 1 is 1.19 bits per heavy atom. The number of benzene rings is 1. The Balaban J connectivity index is 0.00000380. The van der Waals surface area contributed by atoms with Gasteiger partial charge in [0.05, 0.1) is 0 Å². The number of nitrogens with zero attached hydrogens (tertiary/aromatic N) is 2. The fraction of sp³-hybridized carbons (Fsp3) is 0.481. The predicted octanol–water partition coefficient (Wildman–Crippen LogP) is 2.41. The molecule has 10 heteroatoms. The monoisotopic (exact) mass is 538 g/mol. The number of hydrogen-bond donors (Lipinski definition) is 0. The van der Waals surface area contributed by atoms with Crippen molar-refractivity contribution in [2.24, 2.45) is 5.41 Å². The van der Waals surface area contributed by atoms with Gasteiger partial charge in [-0.3, -0.25) is 4.79 Å². The van der Waals surface area contributed by atoms with E-state index < -0.39 is 17.7 Å². The minimum absolute atomic E-state index is 0. The van der Waals surface area contributed by atoms with Gasteiger partial charge in [-0.2, -0.15) is 0 Å². The average molecular weight is 539 g/mol. The Morgan fingerprint density at radius 3 is 2.54 bits per heavy atom. The zero-order valence-corrected chi connectivity index (χ0v) is 24.4. The summed E-state index contributed by atoms with van der Waals surface area (Å²) in [6, 6.07) is 6.02. The van der Waals surface area contributed by atoms with Crippen LogP contribution in [0.15, 0.2) is 33.3 Å². The van der Waals surface area contributed by atoms with E-state index in [1.165, 1.54) is 12.1 Å². The van der Waals surface area contributed by atoms with Gasteiger partial charge in [0.25, 0.3) is 0 Å². The number of carboxylic acids is 1. The van der Waals surface area contributed by atoms with E-state index in [4.69, 9.17) is 20.6 Å². The van der Waals surface area contributed by atoms with Gasteiger partial charge in [-0.1, -0.05) is 48.8 Å². The number of carbonyl (C=O) groups is 2. The van der Waals surface area contributed by atoms with Gasteiger partial charge in [0.1, 0.15) is 34.5 Å². The molecule has 0 unspecified atom stereocenters. The minimum atomic E-state index is -1.22. The number of aliphatic carboxylic acids is 1. The first-order chi connectivity index (χ1) is 17.0. The van der Waals surface area contributed by atoms with E-state index >= 15 is 0 Å². The van der Waals surface area contributed by atoms with Crippen molar-refractivity contribution in [1.29, 1.82) is 0 Å². The summed E-state index contributed by atoms with van der Waals surface area (Å²) in [5, 5.41) is 20.0. The van der Waals surface area contributed by atoms with Crippen LogP contribution >= 0.6 is 11.6 Å². The van der Waals surface area contributed by atoms with Crippen LogP contribution in [0.25, 0.3) is 11.4 Å².